The van der Waals surface area contributed by atoms with Gasteiger partial charge in [-0.1, -0.05) is 24.3 Å². The summed E-state index contributed by atoms with van der Waals surface area (Å²) >= 11 is 5.67. The molecule has 0 N–H and O–H groups in total. The number of nitrogens with zero attached hydrogens (tertiary/aromatic N) is 1. The smallest absolute Gasteiger partial charge is 0.210 e. The van der Waals surface area contributed by atoms with Crippen LogP contribution in [0.25, 0.3) is 21.9 Å². The number of fused-ring (bicyclic) bond motifs is 2. The summed E-state index contributed by atoms with van der Waals surface area (Å²) in [4.78, 5) is 4.28. The van der Waals surface area contributed by atoms with Crippen molar-refractivity contribution in [2.45, 2.75) is 5.88 Å². The minimum absolute atomic E-state index is 0.311. The fourth-order valence-electron chi connectivity index (χ4n) is 1.72. The molecule has 0 bridgehead atoms. The molecule has 0 fully saturated rings. The molecule has 3 heteroatoms. The van der Waals surface area contributed by atoms with Crippen LogP contribution in [0.15, 0.2) is 40.8 Å². The number of hydrogen-bond acceptors (Lipinski definition) is 2. The number of alkyl halides is 1. The first-order valence-corrected chi connectivity index (χ1v) is 5.24. The van der Waals surface area contributed by atoms with E-state index in [-0.39, 0.29) is 0 Å². The summed E-state index contributed by atoms with van der Waals surface area (Å²) in [5.41, 5.74) is 1.66. The minimum atomic E-state index is 0.311. The summed E-state index contributed by atoms with van der Waals surface area (Å²) in [6.45, 7) is 0. The van der Waals surface area contributed by atoms with Crippen LogP contribution in [0, 0.1) is 0 Å². The van der Waals surface area contributed by atoms with Gasteiger partial charge in [0.1, 0.15) is 5.52 Å². The molecule has 0 aliphatic heterocycles. The Morgan fingerprint density at radius 1 is 1.13 bits per heavy atom. The number of aromatic nitrogens is 1. The monoisotopic (exact) mass is 217 g/mol. The zero-order chi connectivity index (χ0) is 10.3. The summed E-state index contributed by atoms with van der Waals surface area (Å²) in [5.74, 6) is 0.882. The Morgan fingerprint density at radius 3 is 2.60 bits per heavy atom. The lowest BCUT2D eigenvalue weighted by molar-refractivity contribution is 0.555. The summed E-state index contributed by atoms with van der Waals surface area (Å²) in [5, 5.41) is 2.32. The van der Waals surface area contributed by atoms with Gasteiger partial charge < -0.3 is 4.42 Å². The van der Waals surface area contributed by atoms with Crippen LogP contribution in [0.2, 0.25) is 0 Å². The zero-order valence-electron chi connectivity index (χ0n) is 7.90. The average Bonchev–Trinajstić information content (AvgIpc) is 2.67. The highest BCUT2D eigenvalue weighted by Crippen LogP contribution is 2.23. The molecule has 0 radical (unpaired) electrons. The summed E-state index contributed by atoms with van der Waals surface area (Å²) in [6.07, 6.45) is 0. The molecule has 0 aliphatic carbocycles. The molecule has 0 unspecified atom stereocenters. The van der Waals surface area contributed by atoms with Crippen LogP contribution < -0.4 is 0 Å². The van der Waals surface area contributed by atoms with E-state index in [0.29, 0.717) is 11.8 Å². The maximum atomic E-state index is 5.67. The molecule has 0 saturated heterocycles. The van der Waals surface area contributed by atoms with E-state index in [1.54, 1.807) is 0 Å². The molecule has 74 valence electrons. The minimum Gasteiger partial charge on any atom is -0.439 e. The molecule has 3 aromatic rings. The number of oxazole rings is 1. The van der Waals surface area contributed by atoms with Gasteiger partial charge in [-0.2, -0.15) is 0 Å². The van der Waals surface area contributed by atoms with E-state index < -0.39 is 0 Å². The maximum Gasteiger partial charge on any atom is 0.210 e. The quantitative estimate of drug-likeness (QED) is 0.581. The Bertz CT molecular complexity index is 577. The SMILES string of the molecule is ClCc1nc2cc3ccccc3cc2o1. The molecule has 0 atom stereocenters. The second-order valence-electron chi connectivity index (χ2n) is 3.41. The topological polar surface area (TPSA) is 26.0 Å². The van der Waals surface area contributed by atoms with Crippen LogP contribution in [-0.4, -0.2) is 4.98 Å². The Labute approximate surface area is 91.5 Å². The molecule has 0 spiro atoms. The van der Waals surface area contributed by atoms with Crippen molar-refractivity contribution in [1.82, 2.24) is 4.98 Å². The summed E-state index contributed by atoms with van der Waals surface area (Å²) in [6, 6.07) is 12.1. The first kappa shape index (κ1) is 8.74. The number of rotatable bonds is 1. The third kappa shape index (κ3) is 1.38. The van der Waals surface area contributed by atoms with Gasteiger partial charge in [-0.15, -0.1) is 11.6 Å². The highest BCUT2D eigenvalue weighted by atomic mass is 35.5. The maximum absolute atomic E-state index is 5.67. The molecule has 0 aliphatic rings. The normalized spacial score (nSPS) is 11.3. The van der Waals surface area contributed by atoms with Crippen LogP contribution in [0.1, 0.15) is 5.89 Å². The van der Waals surface area contributed by atoms with Crippen LogP contribution in [0.5, 0.6) is 0 Å². The number of benzene rings is 2. The Kier molecular flexibility index (Phi) is 1.89. The Morgan fingerprint density at radius 2 is 1.87 bits per heavy atom. The fourth-order valence-corrected chi connectivity index (χ4v) is 1.83. The van der Waals surface area contributed by atoms with Gasteiger partial charge in [0.05, 0.1) is 5.88 Å². The van der Waals surface area contributed by atoms with Crippen LogP contribution in [0.3, 0.4) is 0 Å². The standard InChI is InChI=1S/C12H8ClNO/c13-7-12-14-10-5-8-3-1-2-4-9(8)6-11(10)15-12/h1-6H,7H2. The van der Waals surface area contributed by atoms with Gasteiger partial charge in [0, 0.05) is 0 Å². The fraction of sp³-hybridized carbons (Fsp3) is 0.0833. The first-order valence-electron chi connectivity index (χ1n) is 4.71. The molecule has 2 aromatic carbocycles. The zero-order valence-corrected chi connectivity index (χ0v) is 8.66. The molecule has 15 heavy (non-hydrogen) atoms. The van der Waals surface area contributed by atoms with Gasteiger partial charge >= 0.3 is 0 Å². The molecular weight excluding hydrogens is 210 g/mol. The Balaban J connectivity index is 2.39. The van der Waals surface area contributed by atoms with E-state index >= 15 is 0 Å². The van der Waals surface area contributed by atoms with Gasteiger partial charge in [-0.25, -0.2) is 4.98 Å². The number of hydrogen-bond donors (Lipinski definition) is 0. The second kappa shape index (κ2) is 3.24. The van der Waals surface area contributed by atoms with Crippen molar-refractivity contribution in [3.63, 3.8) is 0 Å². The third-order valence-corrected chi connectivity index (χ3v) is 2.64. The van der Waals surface area contributed by atoms with Crippen molar-refractivity contribution in [1.29, 1.82) is 0 Å². The van der Waals surface area contributed by atoms with Gasteiger partial charge in [0.25, 0.3) is 0 Å². The predicted octanol–water partition coefficient (Wildman–Crippen LogP) is 3.72. The molecule has 3 rings (SSSR count). The van der Waals surface area contributed by atoms with Crippen molar-refractivity contribution >= 4 is 33.5 Å². The number of halogens is 1. The molecule has 0 saturated carbocycles. The van der Waals surface area contributed by atoms with Gasteiger partial charge in [-0.3, -0.25) is 0 Å². The van der Waals surface area contributed by atoms with Gasteiger partial charge in [0.2, 0.25) is 5.89 Å². The van der Waals surface area contributed by atoms with E-state index in [2.05, 4.69) is 17.1 Å². The highest BCUT2D eigenvalue weighted by Gasteiger charge is 2.05. The van der Waals surface area contributed by atoms with E-state index in [9.17, 15) is 0 Å². The van der Waals surface area contributed by atoms with Gasteiger partial charge in [0.15, 0.2) is 5.58 Å². The van der Waals surface area contributed by atoms with Crippen molar-refractivity contribution in [2.75, 3.05) is 0 Å². The highest BCUT2D eigenvalue weighted by molar-refractivity contribution is 6.16. The third-order valence-electron chi connectivity index (χ3n) is 2.41. The largest absolute Gasteiger partial charge is 0.439 e. The lowest BCUT2D eigenvalue weighted by Gasteiger charge is -1.94. The molecule has 2 nitrogen and oxygen atoms in total. The lowest BCUT2D eigenvalue weighted by atomic mass is 10.1. The van der Waals surface area contributed by atoms with Crippen molar-refractivity contribution in [2.24, 2.45) is 0 Å². The van der Waals surface area contributed by atoms with Crippen LogP contribution >= 0.6 is 11.6 Å². The molecule has 1 heterocycles. The van der Waals surface area contributed by atoms with Crippen LogP contribution in [0.4, 0.5) is 0 Å². The van der Waals surface area contributed by atoms with Crippen LogP contribution in [-0.2, 0) is 5.88 Å². The average molecular weight is 218 g/mol. The van der Waals surface area contributed by atoms with Crippen molar-refractivity contribution in [3.05, 3.63) is 42.3 Å². The second-order valence-corrected chi connectivity index (χ2v) is 3.68. The van der Waals surface area contributed by atoms with E-state index in [1.807, 2.05) is 24.3 Å². The Hall–Kier alpha value is -1.54. The van der Waals surface area contributed by atoms with E-state index in [0.717, 1.165) is 16.5 Å². The molecule has 1 aromatic heterocycles. The first-order chi connectivity index (χ1) is 7.36. The van der Waals surface area contributed by atoms with E-state index in [4.69, 9.17) is 16.0 Å². The summed E-state index contributed by atoms with van der Waals surface area (Å²) in [7, 11) is 0. The lowest BCUT2D eigenvalue weighted by Crippen LogP contribution is -1.74. The predicted molar refractivity (Wildman–Crippen MR) is 61.1 cm³/mol. The summed E-state index contributed by atoms with van der Waals surface area (Å²) < 4.78 is 5.48. The van der Waals surface area contributed by atoms with Crippen molar-refractivity contribution in [3.8, 4) is 0 Å². The molecule has 0 amide bonds. The van der Waals surface area contributed by atoms with E-state index in [1.165, 1.54) is 5.39 Å². The molecular formula is C12H8ClNO. The van der Waals surface area contributed by atoms with Crippen molar-refractivity contribution < 1.29 is 4.42 Å². The van der Waals surface area contributed by atoms with Gasteiger partial charge in [-0.05, 0) is 22.9 Å².